The maximum absolute atomic E-state index is 14.5. The Hall–Kier alpha value is -2.18. The Morgan fingerprint density at radius 3 is 2.45 bits per heavy atom. The van der Waals surface area contributed by atoms with Crippen LogP contribution >= 0.6 is 11.6 Å². The van der Waals surface area contributed by atoms with Crippen LogP contribution in [0.5, 0.6) is 0 Å². The highest BCUT2D eigenvalue weighted by molar-refractivity contribution is 6.31. The van der Waals surface area contributed by atoms with Gasteiger partial charge in [0.05, 0.1) is 36.9 Å². The fourth-order valence-electron chi connectivity index (χ4n) is 4.77. The minimum atomic E-state index is -0.679. The van der Waals surface area contributed by atoms with Crippen LogP contribution in [0.3, 0.4) is 0 Å². The maximum atomic E-state index is 14.5. The lowest BCUT2D eigenvalue weighted by Crippen LogP contribution is -2.56. The topological polar surface area (TPSA) is 38.3 Å². The van der Waals surface area contributed by atoms with Crippen LogP contribution in [-0.2, 0) is 4.74 Å². The van der Waals surface area contributed by atoms with Gasteiger partial charge in [0.2, 0.25) is 0 Å². The van der Waals surface area contributed by atoms with Gasteiger partial charge in [-0.1, -0.05) is 29.8 Å². The Bertz CT molecular complexity index is 934. The van der Waals surface area contributed by atoms with E-state index < -0.39 is 17.7 Å². The lowest BCUT2D eigenvalue weighted by molar-refractivity contribution is -0.931. The number of ether oxygens (including phenoxy) is 1. The molecule has 2 aromatic rings. The summed E-state index contributed by atoms with van der Waals surface area (Å²) in [4.78, 5) is 12.5. The van der Waals surface area contributed by atoms with Crippen molar-refractivity contribution in [1.29, 1.82) is 0 Å². The number of nitrogens with one attached hydrogen (secondary N) is 1. The number of hydrogen-bond donors (Lipinski definition) is 1. The molecular weight excluding hydrogens is 398 g/mol. The summed E-state index contributed by atoms with van der Waals surface area (Å²) < 4.78 is 34.6. The molecule has 0 saturated carbocycles. The lowest BCUT2D eigenvalue weighted by atomic mass is 9.98. The molecule has 4 rings (SSSR count). The molecule has 2 aromatic carbocycles. The van der Waals surface area contributed by atoms with Crippen molar-refractivity contribution in [2.45, 2.75) is 43.9 Å². The van der Waals surface area contributed by atoms with Gasteiger partial charge in [0.15, 0.2) is 0 Å². The van der Waals surface area contributed by atoms with Gasteiger partial charge in [-0.3, -0.25) is 5.32 Å². The minimum Gasteiger partial charge on any atom is -0.445 e. The van der Waals surface area contributed by atoms with Gasteiger partial charge in [-0.25, -0.2) is 13.6 Å². The predicted molar refractivity (Wildman–Crippen MR) is 109 cm³/mol. The van der Waals surface area contributed by atoms with Crippen molar-refractivity contribution in [3.05, 3.63) is 53.1 Å². The Kier molecular flexibility index (Phi) is 5.25. The van der Waals surface area contributed by atoms with E-state index in [-0.39, 0.29) is 16.8 Å². The molecule has 2 bridgehead atoms. The van der Waals surface area contributed by atoms with Crippen LogP contribution in [0.1, 0.15) is 25.7 Å². The maximum Gasteiger partial charge on any atom is 0.412 e. The zero-order chi connectivity index (χ0) is 20.8. The van der Waals surface area contributed by atoms with Gasteiger partial charge in [0.25, 0.3) is 0 Å². The first-order valence-electron chi connectivity index (χ1n) is 9.80. The highest BCUT2D eigenvalue weighted by Crippen LogP contribution is 2.40. The van der Waals surface area contributed by atoms with Crippen LogP contribution in [0.15, 0.2) is 36.4 Å². The molecule has 2 saturated heterocycles. The second kappa shape index (κ2) is 7.58. The number of para-hydroxylation sites is 1. The molecule has 0 aromatic heterocycles. The fraction of sp³-hybridized carbons (Fsp3) is 0.409. The molecule has 0 spiro atoms. The van der Waals surface area contributed by atoms with Crippen LogP contribution in [0.25, 0.3) is 11.1 Å². The van der Waals surface area contributed by atoms with Crippen molar-refractivity contribution in [1.82, 2.24) is 0 Å². The largest absolute Gasteiger partial charge is 0.445 e. The van der Waals surface area contributed by atoms with Crippen molar-refractivity contribution < 1.29 is 22.8 Å². The summed E-state index contributed by atoms with van der Waals surface area (Å²) in [7, 11) is 4.47. The van der Waals surface area contributed by atoms with Gasteiger partial charge < -0.3 is 9.22 Å². The lowest BCUT2D eigenvalue weighted by Gasteiger charge is -2.43. The van der Waals surface area contributed by atoms with E-state index in [4.69, 9.17) is 16.3 Å². The highest BCUT2D eigenvalue weighted by atomic mass is 35.5. The predicted octanol–water partition coefficient (Wildman–Crippen LogP) is 5.60. The van der Waals surface area contributed by atoms with Gasteiger partial charge >= 0.3 is 6.09 Å². The molecule has 154 valence electrons. The normalized spacial score (nSPS) is 24.9. The molecular formula is C22H24ClF2N2O2+. The zero-order valence-electron chi connectivity index (χ0n) is 16.4. The summed E-state index contributed by atoms with van der Waals surface area (Å²) in [6, 6.07) is 9.49. The van der Waals surface area contributed by atoms with E-state index in [1.807, 2.05) is 0 Å². The third kappa shape index (κ3) is 3.83. The summed E-state index contributed by atoms with van der Waals surface area (Å²) in [5.41, 5.74) is 0.904. The van der Waals surface area contributed by atoms with Gasteiger partial charge in [-0.15, -0.1) is 0 Å². The summed E-state index contributed by atoms with van der Waals surface area (Å²) in [5.74, 6) is -1.16. The van der Waals surface area contributed by atoms with E-state index >= 15 is 0 Å². The molecule has 2 fully saturated rings. The molecule has 2 aliphatic rings. The molecule has 29 heavy (non-hydrogen) atoms. The Labute approximate surface area is 174 Å². The van der Waals surface area contributed by atoms with E-state index in [0.717, 1.165) is 30.2 Å². The van der Waals surface area contributed by atoms with Crippen molar-refractivity contribution in [2.24, 2.45) is 0 Å². The highest BCUT2D eigenvalue weighted by Gasteiger charge is 2.49. The molecule has 1 amide bonds. The number of halogens is 3. The van der Waals surface area contributed by atoms with E-state index in [2.05, 4.69) is 19.4 Å². The van der Waals surface area contributed by atoms with Gasteiger partial charge in [0, 0.05) is 31.2 Å². The standard InChI is InChI=1S/C22H23ClF2N2O2/c1-27(2)14-7-8-15(27)12-16(11-14)29-22(28)26-21-17(4-3-5-20(21)25)13-6-9-19(24)18(23)10-13/h3-6,9-10,14-16H,7-8,11-12H2,1-2H3/p+1/t14-,15+,16?. The first-order valence-corrected chi connectivity index (χ1v) is 10.2. The second-order valence-electron chi connectivity index (χ2n) is 8.43. The third-order valence-electron chi connectivity index (χ3n) is 6.53. The zero-order valence-corrected chi connectivity index (χ0v) is 17.2. The molecule has 1 N–H and O–H groups in total. The van der Waals surface area contributed by atoms with Crippen LogP contribution in [0, 0.1) is 11.6 Å². The van der Waals surface area contributed by atoms with Crippen molar-refractivity contribution in [3.8, 4) is 11.1 Å². The Morgan fingerprint density at radius 1 is 1.10 bits per heavy atom. The van der Waals surface area contributed by atoms with E-state index in [1.165, 1.54) is 30.3 Å². The third-order valence-corrected chi connectivity index (χ3v) is 6.82. The van der Waals surface area contributed by atoms with E-state index in [0.29, 0.717) is 23.2 Å². The number of rotatable bonds is 3. The summed E-state index contributed by atoms with van der Waals surface area (Å²) in [6.45, 7) is 0. The van der Waals surface area contributed by atoms with Gasteiger partial charge in [-0.05, 0) is 23.8 Å². The van der Waals surface area contributed by atoms with Crippen LogP contribution in [0.2, 0.25) is 5.02 Å². The number of benzene rings is 2. The average molecular weight is 422 g/mol. The molecule has 0 radical (unpaired) electrons. The van der Waals surface area contributed by atoms with Gasteiger partial charge in [0.1, 0.15) is 17.7 Å². The molecule has 0 aliphatic carbocycles. The molecule has 7 heteroatoms. The van der Waals surface area contributed by atoms with Crippen LogP contribution in [-0.4, -0.2) is 42.9 Å². The number of quaternary nitrogens is 1. The van der Waals surface area contributed by atoms with Gasteiger partial charge in [-0.2, -0.15) is 0 Å². The average Bonchev–Trinajstić information content (AvgIpc) is 2.83. The van der Waals surface area contributed by atoms with Crippen LogP contribution in [0.4, 0.5) is 19.3 Å². The summed E-state index contributed by atoms with van der Waals surface area (Å²) in [6.07, 6.45) is 3.06. The number of hydrogen-bond acceptors (Lipinski definition) is 2. The first kappa shape index (κ1) is 20.1. The number of anilines is 1. The quantitative estimate of drug-likeness (QED) is 0.655. The number of carbonyl (C=O) groups excluding carboxylic acids is 1. The van der Waals surface area contributed by atoms with Crippen molar-refractivity contribution in [3.63, 3.8) is 0 Å². The molecule has 1 unspecified atom stereocenters. The second-order valence-corrected chi connectivity index (χ2v) is 8.84. The summed E-state index contributed by atoms with van der Waals surface area (Å²) >= 11 is 5.86. The smallest absolute Gasteiger partial charge is 0.412 e. The van der Waals surface area contributed by atoms with Crippen LogP contribution < -0.4 is 5.32 Å². The van der Waals surface area contributed by atoms with E-state index in [9.17, 15) is 13.6 Å². The number of piperidine rings is 1. The Morgan fingerprint density at radius 2 is 1.79 bits per heavy atom. The number of nitrogens with zero attached hydrogens (tertiary/aromatic N) is 1. The first-order chi connectivity index (χ1) is 13.8. The molecule has 2 aliphatic heterocycles. The number of amides is 1. The Balaban J connectivity index is 1.51. The van der Waals surface area contributed by atoms with Crippen molar-refractivity contribution in [2.75, 3.05) is 19.4 Å². The number of fused-ring (bicyclic) bond motifs is 2. The molecule has 3 atom stereocenters. The number of carbonyl (C=O) groups is 1. The van der Waals surface area contributed by atoms with Crippen molar-refractivity contribution >= 4 is 23.4 Å². The molecule has 2 heterocycles. The fourth-order valence-corrected chi connectivity index (χ4v) is 4.95. The molecule has 4 nitrogen and oxygen atoms in total. The monoisotopic (exact) mass is 421 g/mol. The minimum absolute atomic E-state index is 0.00457. The van der Waals surface area contributed by atoms with E-state index in [1.54, 1.807) is 6.07 Å². The summed E-state index contributed by atoms with van der Waals surface area (Å²) in [5, 5.41) is 2.48. The SMILES string of the molecule is C[N+]1(C)[C@@H]2CC[C@H]1CC(OC(=O)Nc1c(F)cccc1-c1ccc(F)c(Cl)c1)C2.